The van der Waals surface area contributed by atoms with Gasteiger partial charge < -0.3 is 19.1 Å². The lowest BCUT2D eigenvalue weighted by Gasteiger charge is -2.47. The number of rotatable bonds is 3. The highest BCUT2D eigenvalue weighted by atomic mass is 35.5. The Morgan fingerprint density at radius 3 is 2.88 bits per heavy atom. The molecule has 7 heterocycles. The van der Waals surface area contributed by atoms with Crippen LogP contribution in [0.15, 0.2) is 6.07 Å². The first-order valence-electron chi connectivity index (χ1n) is 14.2. The lowest BCUT2D eigenvalue weighted by atomic mass is 9.95. The van der Waals surface area contributed by atoms with Gasteiger partial charge in [-0.1, -0.05) is 11.6 Å². The summed E-state index contributed by atoms with van der Waals surface area (Å²) < 4.78 is 47.9. The number of halogens is 3. The topological polar surface area (TPSA) is 80.3 Å². The lowest BCUT2D eigenvalue weighted by Crippen LogP contribution is -2.63. The Balaban J connectivity index is 1.26. The molecule has 2 aromatic rings. The van der Waals surface area contributed by atoms with Gasteiger partial charge in [-0.05, 0) is 53.0 Å². The maximum Gasteiger partial charge on any atom is 0.410 e. The number of hydrogen-bond acceptors (Lipinski definition) is 8. The fourth-order valence-electron chi connectivity index (χ4n) is 7.51. The van der Waals surface area contributed by atoms with E-state index in [1.165, 1.54) is 0 Å². The summed E-state index contributed by atoms with van der Waals surface area (Å²) in [5, 5.41) is 0.110. The maximum atomic E-state index is 15.4. The molecule has 216 valence electrons. The fourth-order valence-corrected chi connectivity index (χ4v) is 7.68. The van der Waals surface area contributed by atoms with E-state index in [0.29, 0.717) is 30.6 Å². The minimum absolute atomic E-state index is 0.0284. The van der Waals surface area contributed by atoms with Crippen molar-refractivity contribution in [3.05, 3.63) is 17.0 Å². The number of nitrogens with zero attached hydrogens (tertiary/aromatic N) is 5. The zero-order valence-electron chi connectivity index (χ0n) is 23.0. The molecule has 1 amide bonds. The number of anilines is 1. The molecule has 5 aliphatic rings. The van der Waals surface area contributed by atoms with Crippen molar-refractivity contribution in [1.82, 2.24) is 19.8 Å². The van der Waals surface area contributed by atoms with Gasteiger partial charge in [0, 0.05) is 25.6 Å². The molecule has 9 nitrogen and oxygen atoms in total. The number of pyridine rings is 2. The highest BCUT2D eigenvalue weighted by Crippen LogP contribution is 2.46. The molecule has 4 fully saturated rings. The molecule has 0 saturated carbocycles. The van der Waals surface area contributed by atoms with Crippen molar-refractivity contribution in [2.24, 2.45) is 0 Å². The van der Waals surface area contributed by atoms with Crippen LogP contribution in [-0.2, 0) is 4.74 Å². The first kappa shape index (κ1) is 26.3. The molecule has 4 saturated heterocycles. The summed E-state index contributed by atoms with van der Waals surface area (Å²) in [5.41, 5.74) is -0.257. The van der Waals surface area contributed by atoms with Gasteiger partial charge in [-0.15, -0.1) is 0 Å². The Morgan fingerprint density at radius 2 is 2.08 bits per heavy atom. The third-order valence-electron chi connectivity index (χ3n) is 9.13. The monoisotopic (exact) mass is 577 g/mol. The zero-order valence-corrected chi connectivity index (χ0v) is 23.7. The highest BCUT2D eigenvalue weighted by Gasteiger charge is 2.52. The molecule has 40 heavy (non-hydrogen) atoms. The van der Waals surface area contributed by atoms with E-state index in [4.69, 9.17) is 25.8 Å². The number of carbonyl (C=O) groups excluding carboxylic acids is 1. The van der Waals surface area contributed by atoms with E-state index in [-0.39, 0.29) is 65.4 Å². The van der Waals surface area contributed by atoms with Gasteiger partial charge in [-0.2, -0.15) is 4.98 Å². The van der Waals surface area contributed by atoms with Gasteiger partial charge in [-0.3, -0.25) is 9.80 Å². The number of alkyl halides is 1. The van der Waals surface area contributed by atoms with Crippen molar-refractivity contribution in [2.75, 3.05) is 37.7 Å². The van der Waals surface area contributed by atoms with Crippen LogP contribution < -0.4 is 14.4 Å². The Kier molecular flexibility index (Phi) is 6.02. The van der Waals surface area contributed by atoms with Gasteiger partial charge in [0.15, 0.2) is 11.0 Å². The van der Waals surface area contributed by atoms with Gasteiger partial charge in [0.1, 0.15) is 30.5 Å². The van der Waals surface area contributed by atoms with Crippen LogP contribution in [0.5, 0.6) is 11.8 Å². The quantitative estimate of drug-likeness (QED) is 0.485. The average molecular weight is 578 g/mol. The standard InChI is InChI=1S/C28H34ClF2N5O4/c1-27(2,3)40-26(37)36-16-5-6-17(36)19-13-38-25-21-18(35(19)12-16)9-20(32-23(21)22(31)24(29)33-25)39-14-28-7-4-8-34(28)11-15(30)10-28/h9,15-17,19H,4-8,10-14H2,1-3H3/t15-,16-,17+,19-,28?/m1/s1. The molecule has 1 unspecified atom stereocenters. The Morgan fingerprint density at radius 1 is 1.25 bits per heavy atom. The fraction of sp³-hybridized carbons (Fsp3) is 0.679. The van der Waals surface area contributed by atoms with Crippen LogP contribution in [0.1, 0.15) is 52.9 Å². The van der Waals surface area contributed by atoms with E-state index in [2.05, 4.69) is 19.8 Å². The first-order valence-corrected chi connectivity index (χ1v) is 14.5. The third-order valence-corrected chi connectivity index (χ3v) is 9.38. The number of aromatic nitrogens is 2. The van der Waals surface area contributed by atoms with Gasteiger partial charge in [0.05, 0.1) is 34.7 Å². The van der Waals surface area contributed by atoms with Crippen molar-refractivity contribution in [2.45, 2.75) is 88.3 Å². The molecule has 0 aromatic carbocycles. The SMILES string of the molecule is CC(C)(C)OC(=O)N1[C@@H]2CC[C@H]1[C@H]1COc3nc(Cl)c(F)c4nc(OCC56CCCN5C[C@H](F)C6)cc(c34)N1C2. The van der Waals surface area contributed by atoms with Crippen LogP contribution in [0.4, 0.5) is 19.3 Å². The van der Waals surface area contributed by atoms with Gasteiger partial charge in [-0.25, -0.2) is 18.6 Å². The number of carbonyl (C=O) groups is 1. The van der Waals surface area contributed by atoms with Crippen LogP contribution in [-0.4, -0.2) is 94.1 Å². The molecule has 7 rings (SSSR count). The summed E-state index contributed by atoms with van der Waals surface area (Å²) in [6, 6.07) is 1.37. The Labute approximate surface area is 236 Å². The smallest absolute Gasteiger partial charge is 0.410 e. The average Bonchev–Trinajstić information content (AvgIpc) is 3.48. The second-order valence-electron chi connectivity index (χ2n) is 12.8. The van der Waals surface area contributed by atoms with Crippen LogP contribution in [0.2, 0.25) is 5.15 Å². The molecule has 2 bridgehead atoms. The molecule has 0 N–H and O–H groups in total. The van der Waals surface area contributed by atoms with Gasteiger partial charge in [0.2, 0.25) is 11.8 Å². The Bertz CT molecular complexity index is 1370. The second kappa shape index (κ2) is 9.17. The van der Waals surface area contributed by atoms with E-state index in [1.54, 1.807) is 0 Å². The molecule has 12 heteroatoms. The number of hydrogen-bond donors (Lipinski definition) is 0. The molecular weight excluding hydrogens is 544 g/mol. The highest BCUT2D eigenvalue weighted by molar-refractivity contribution is 6.30. The largest absolute Gasteiger partial charge is 0.476 e. The molecule has 5 aliphatic heterocycles. The van der Waals surface area contributed by atoms with E-state index in [0.717, 1.165) is 32.2 Å². The van der Waals surface area contributed by atoms with E-state index < -0.39 is 17.6 Å². The number of fused-ring (bicyclic) bond motifs is 6. The Hall–Kier alpha value is -2.66. The predicted octanol–water partition coefficient (Wildman–Crippen LogP) is 4.73. The van der Waals surface area contributed by atoms with Crippen molar-refractivity contribution in [3.8, 4) is 11.8 Å². The summed E-state index contributed by atoms with van der Waals surface area (Å²) in [4.78, 5) is 28.1. The number of piperazine rings is 1. The summed E-state index contributed by atoms with van der Waals surface area (Å²) in [7, 11) is 0. The minimum Gasteiger partial charge on any atom is -0.476 e. The number of ether oxygens (including phenoxy) is 3. The summed E-state index contributed by atoms with van der Waals surface area (Å²) in [6.07, 6.45) is 2.69. The summed E-state index contributed by atoms with van der Waals surface area (Å²) in [6.45, 7) is 7.88. The van der Waals surface area contributed by atoms with Gasteiger partial charge in [0.25, 0.3) is 0 Å². The predicted molar refractivity (Wildman–Crippen MR) is 145 cm³/mol. The van der Waals surface area contributed by atoms with E-state index in [9.17, 15) is 9.18 Å². The van der Waals surface area contributed by atoms with Crippen molar-refractivity contribution >= 4 is 34.3 Å². The number of amides is 1. The van der Waals surface area contributed by atoms with Crippen molar-refractivity contribution in [3.63, 3.8) is 0 Å². The lowest BCUT2D eigenvalue weighted by molar-refractivity contribution is 0.00546. The van der Waals surface area contributed by atoms with Crippen LogP contribution in [0, 0.1) is 5.82 Å². The molecule has 0 aliphatic carbocycles. The maximum absolute atomic E-state index is 15.4. The zero-order chi connectivity index (χ0) is 28.0. The van der Waals surface area contributed by atoms with Crippen LogP contribution in [0.25, 0.3) is 10.9 Å². The third kappa shape index (κ3) is 4.14. The van der Waals surface area contributed by atoms with Crippen molar-refractivity contribution < 1.29 is 27.8 Å². The van der Waals surface area contributed by atoms with E-state index >= 15 is 4.39 Å². The summed E-state index contributed by atoms with van der Waals surface area (Å²) in [5.74, 6) is -0.281. The molecule has 0 spiro atoms. The first-order chi connectivity index (χ1) is 19.0. The second-order valence-corrected chi connectivity index (χ2v) is 13.2. The summed E-state index contributed by atoms with van der Waals surface area (Å²) >= 11 is 6.19. The van der Waals surface area contributed by atoms with Crippen molar-refractivity contribution in [1.29, 1.82) is 0 Å². The van der Waals surface area contributed by atoms with Gasteiger partial charge >= 0.3 is 6.09 Å². The normalized spacial score (nSPS) is 31.1. The molecule has 5 atom stereocenters. The molecular formula is C28H34ClF2N5O4. The van der Waals surface area contributed by atoms with E-state index in [1.807, 2.05) is 31.7 Å². The minimum atomic E-state index is -0.877. The van der Waals surface area contributed by atoms with Crippen LogP contribution >= 0.6 is 11.6 Å². The van der Waals surface area contributed by atoms with Crippen LogP contribution in [0.3, 0.4) is 0 Å². The molecule has 2 aromatic heterocycles. The molecule has 0 radical (unpaired) electrons.